The van der Waals surface area contributed by atoms with E-state index in [1.54, 1.807) is 0 Å². The van der Waals surface area contributed by atoms with Gasteiger partial charge >= 0.3 is 0 Å². The molecule has 6 heteroatoms. The molecule has 0 spiro atoms. The Morgan fingerprint density at radius 1 is 1.12 bits per heavy atom. The number of nitrogens with one attached hydrogen (secondary N) is 1. The molecule has 2 N–H and O–H groups in total. The zero-order chi connectivity index (χ0) is 17.1. The molecule has 2 fully saturated rings. The first-order chi connectivity index (χ1) is 11.6. The highest BCUT2D eigenvalue weighted by molar-refractivity contribution is 5.94. The third-order valence-electron chi connectivity index (χ3n) is 5.22. The maximum atomic E-state index is 13.7. The number of hydrogen-bond donors (Lipinski definition) is 2. The number of hydrogen-bond acceptors (Lipinski definition) is 3. The van der Waals surface area contributed by atoms with Gasteiger partial charge in [-0.05, 0) is 37.8 Å². The second-order valence-electron chi connectivity index (χ2n) is 6.80. The summed E-state index contributed by atoms with van der Waals surface area (Å²) in [7, 11) is 0. The Bertz CT molecular complexity index is 588. The van der Waals surface area contributed by atoms with Crippen molar-refractivity contribution in [1.29, 1.82) is 0 Å². The number of rotatable bonds is 3. The van der Waals surface area contributed by atoms with Crippen LogP contribution in [0.3, 0.4) is 0 Å². The van der Waals surface area contributed by atoms with Gasteiger partial charge in [0.25, 0.3) is 5.91 Å². The number of amides is 1. The molecule has 1 aromatic rings. The molecule has 132 valence electrons. The smallest absolute Gasteiger partial charge is 0.254 e. The number of aliphatic hydroxyl groups excluding tert-OH is 1. The van der Waals surface area contributed by atoms with Crippen molar-refractivity contribution in [2.24, 2.45) is 0 Å². The summed E-state index contributed by atoms with van der Waals surface area (Å²) in [5.74, 6) is -2.68. The summed E-state index contributed by atoms with van der Waals surface area (Å²) < 4.78 is 26.9. The number of carbonyl (C=O) groups excluding carboxylic acids is 1. The van der Waals surface area contributed by atoms with Gasteiger partial charge in [0.15, 0.2) is 11.6 Å². The summed E-state index contributed by atoms with van der Waals surface area (Å²) in [6.07, 6.45) is 5.37. The molecule has 3 rings (SSSR count). The van der Waals surface area contributed by atoms with Crippen molar-refractivity contribution >= 4 is 5.91 Å². The van der Waals surface area contributed by atoms with Crippen LogP contribution in [-0.4, -0.2) is 47.2 Å². The Hall–Kier alpha value is -1.53. The highest BCUT2D eigenvalue weighted by Crippen LogP contribution is 2.26. The standard InChI is InChI=1S/C18H24F2N2O2/c19-14-5-3-4-13(17(14)20)18(24)21-12-8-10-22(11-9-12)15-6-1-2-7-16(15)23/h3-5,12,15-16,23H,1-2,6-11H2,(H,21,24). The first kappa shape index (κ1) is 17.3. The summed E-state index contributed by atoms with van der Waals surface area (Å²) in [6, 6.07) is 3.80. The molecule has 0 bridgehead atoms. The number of carbonyl (C=O) groups is 1. The summed E-state index contributed by atoms with van der Waals surface area (Å²) in [5, 5.41) is 13.0. The van der Waals surface area contributed by atoms with E-state index in [9.17, 15) is 18.7 Å². The molecular formula is C18H24F2N2O2. The largest absolute Gasteiger partial charge is 0.391 e. The molecule has 1 heterocycles. The molecule has 1 aliphatic heterocycles. The highest BCUT2D eigenvalue weighted by Gasteiger charge is 2.32. The lowest BCUT2D eigenvalue weighted by molar-refractivity contribution is 0.00726. The van der Waals surface area contributed by atoms with Crippen molar-refractivity contribution in [1.82, 2.24) is 10.2 Å². The molecule has 1 aromatic carbocycles. The quantitative estimate of drug-likeness (QED) is 0.890. The van der Waals surface area contributed by atoms with Crippen LogP contribution in [0.15, 0.2) is 18.2 Å². The fourth-order valence-electron chi connectivity index (χ4n) is 3.84. The Morgan fingerprint density at radius 2 is 1.83 bits per heavy atom. The first-order valence-corrected chi connectivity index (χ1v) is 8.73. The predicted molar refractivity (Wildman–Crippen MR) is 86.7 cm³/mol. The van der Waals surface area contributed by atoms with E-state index in [1.807, 2.05) is 0 Å². The normalized spacial score (nSPS) is 26.3. The van der Waals surface area contributed by atoms with Crippen LogP contribution in [0.25, 0.3) is 0 Å². The summed E-state index contributed by atoms with van der Waals surface area (Å²) >= 11 is 0. The molecule has 1 aliphatic carbocycles. The lowest BCUT2D eigenvalue weighted by atomic mass is 9.89. The lowest BCUT2D eigenvalue weighted by Crippen LogP contribution is -2.52. The van der Waals surface area contributed by atoms with Crippen LogP contribution >= 0.6 is 0 Å². The molecule has 2 aliphatic rings. The molecule has 2 atom stereocenters. The number of aliphatic hydroxyl groups is 1. The van der Waals surface area contributed by atoms with Crippen LogP contribution in [0.2, 0.25) is 0 Å². The molecule has 1 saturated carbocycles. The van der Waals surface area contributed by atoms with E-state index < -0.39 is 17.5 Å². The number of benzene rings is 1. The summed E-state index contributed by atoms with van der Waals surface area (Å²) in [5.41, 5.74) is -0.250. The molecule has 2 unspecified atom stereocenters. The number of halogens is 2. The Kier molecular flexibility index (Phi) is 5.46. The highest BCUT2D eigenvalue weighted by atomic mass is 19.2. The van der Waals surface area contributed by atoms with Crippen LogP contribution < -0.4 is 5.32 Å². The average molecular weight is 338 g/mol. The monoisotopic (exact) mass is 338 g/mol. The van der Waals surface area contributed by atoms with Gasteiger partial charge in [-0.3, -0.25) is 9.69 Å². The summed E-state index contributed by atoms with van der Waals surface area (Å²) in [6.45, 7) is 1.61. The van der Waals surface area contributed by atoms with Gasteiger partial charge in [-0.25, -0.2) is 8.78 Å². The number of piperidine rings is 1. The molecular weight excluding hydrogens is 314 g/mol. The molecule has 4 nitrogen and oxygen atoms in total. The van der Waals surface area contributed by atoms with Crippen molar-refractivity contribution in [3.63, 3.8) is 0 Å². The van der Waals surface area contributed by atoms with Crippen LogP contribution in [0, 0.1) is 11.6 Å². The van der Waals surface area contributed by atoms with E-state index in [-0.39, 0.29) is 23.8 Å². The number of likely N-dealkylation sites (tertiary alicyclic amines) is 1. The SMILES string of the molecule is O=C(NC1CCN(C2CCCCC2O)CC1)c1cccc(F)c1F. The topological polar surface area (TPSA) is 52.6 Å². The third-order valence-corrected chi connectivity index (χ3v) is 5.22. The van der Waals surface area contributed by atoms with Gasteiger partial charge in [-0.1, -0.05) is 18.9 Å². The van der Waals surface area contributed by atoms with Crippen LogP contribution in [0.4, 0.5) is 8.78 Å². The van der Waals surface area contributed by atoms with Crippen molar-refractivity contribution < 1.29 is 18.7 Å². The predicted octanol–water partition coefficient (Wildman–Crippen LogP) is 2.46. The van der Waals surface area contributed by atoms with Gasteiger partial charge in [0, 0.05) is 25.2 Å². The molecule has 1 saturated heterocycles. The van der Waals surface area contributed by atoms with Crippen molar-refractivity contribution in [2.75, 3.05) is 13.1 Å². The van der Waals surface area contributed by atoms with Crippen molar-refractivity contribution in [3.05, 3.63) is 35.4 Å². The van der Waals surface area contributed by atoms with E-state index in [1.165, 1.54) is 12.1 Å². The Morgan fingerprint density at radius 3 is 2.54 bits per heavy atom. The van der Waals surface area contributed by atoms with Gasteiger partial charge in [-0.2, -0.15) is 0 Å². The minimum atomic E-state index is -1.10. The third kappa shape index (κ3) is 3.75. The van der Waals surface area contributed by atoms with Gasteiger partial charge in [0.1, 0.15) is 0 Å². The average Bonchev–Trinajstić information content (AvgIpc) is 2.58. The minimum Gasteiger partial charge on any atom is -0.391 e. The van der Waals surface area contributed by atoms with E-state index in [0.717, 1.165) is 57.7 Å². The molecule has 24 heavy (non-hydrogen) atoms. The first-order valence-electron chi connectivity index (χ1n) is 8.73. The van der Waals surface area contributed by atoms with E-state index in [4.69, 9.17) is 0 Å². The Balaban J connectivity index is 1.53. The van der Waals surface area contributed by atoms with Gasteiger partial charge in [-0.15, -0.1) is 0 Å². The van der Waals surface area contributed by atoms with Crippen LogP contribution in [0.1, 0.15) is 48.9 Å². The fraction of sp³-hybridized carbons (Fsp3) is 0.611. The van der Waals surface area contributed by atoms with Crippen LogP contribution in [0.5, 0.6) is 0 Å². The maximum absolute atomic E-state index is 13.7. The second-order valence-corrected chi connectivity index (χ2v) is 6.80. The van der Waals surface area contributed by atoms with Crippen molar-refractivity contribution in [3.8, 4) is 0 Å². The molecule has 0 aromatic heterocycles. The van der Waals surface area contributed by atoms with Gasteiger partial charge in [0.2, 0.25) is 0 Å². The second kappa shape index (κ2) is 7.57. The molecule has 1 amide bonds. The Labute approximate surface area is 140 Å². The fourth-order valence-corrected chi connectivity index (χ4v) is 3.84. The van der Waals surface area contributed by atoms with Gasteiger partial charge in [0.05, 0.1) is 11.7 Å². The molecule has 0 radical (unpaired) electrons. The van der Waals surface area contributed by atoms with Crippen LogP contribution in [-0.2, 0) is 0 Å². The zero-order valence-corrected chi connectivity index (χ0v) is 13.7. The summed E-state index contributed by atoms with van der Waals surface area (Å²) in [4.78, 5) is 14.5. The van der Waals surface area contributed by atoms with Gasteiger partial charge < -0.3 is 10.4 Å². The minimum absolute atomic E-state index is 0.0443. The van der Waals surface area contributed by atoms with E-state index >= 15 is 0 Å². The maximum Gasteiger partial charge on any atom is 0.254 e. The zero-order valence-electron chi connectivity index (χ0n) is 13.7. The lowest BCUT2D eigenvalue weighted by Gasteiger charge is -2.41. The number of nitrogens with zero attached hydrogens (tertiary/aromatic N) is 1. The van der Waals surface area contributed by atoms with E-state index in [2.05, 4.69) is 10.2 Å². The van der Waals surface area contributed by atoms with Crippen molar-refractivity contribution in [2.45, 2.75) is 56.7 Å². The van der Waals surface area contributed by atoms with E-state index in [0.29, 0.717) is 0 Å².